The van der Waals surface area contributed by atoms with E-state index in [0.717, 1.165) is 0 Å². The van der Waals surface area contributed by atoms with E-state index in [9.17, 15) is 4.79 Å². The van der Waals surface area contributed by atoms with Crippen molar-refractivity contribution in [3.05, 3.63) is 0 Å². The second-order valence-corrected chi connectivity index (χ2v) is 2.41. The standard InChI is InChI=1S/C3H6Cl2N4O/c4-1(5)2(10)8-9-3(6)7/h1H,(H,8,10)(H4,6,7,9). The van der Waals surface area contributed by atoms with Crippen molar-refractivity contribution < 1.29 is 4.79 Å². The first-order valence-electron chi connectivity index (χ1n) is 2.20. The van der Waals surface area contributed by atoms with Crippen molar-refractivity contribution >= 4 is 35.1 Å². The Morgan fingerprint density at radius 1 is 1.50 bits per heavy atom. The summed E-state index contributed by atoms with van der Waals surface area (Å²) in [5, 5.41) is 3.15. The van der Waals surface area contributed by atoms with E-state index in [1.807, 2.05) is 5.43 Å². The Kier molecular flexibility index (Phi) is 3.90. The molecule has 0 aliphatic carbocycles. The molecule has 0 aromatic rings. The van der Waals surface area contributed by atoms with Crippen LogP contribution in [0.5, 0.6) is 0 Å². The Bertz CT molecular complexity index is 153. The average molecular weight is 185 g/mol. The number of nitrogens with one attached hydrogen (secondary N) is 1. The van der Waals surface area contributed by atoms with Crippen LogP contribution in [-0.2, 0) is 4.79 Å². The van der Waals surface area contributed by atoms with Gasteiger partial charge in [-0.05, 0) is 0 Å². The molecule has 0 unspecified atom stereocenters. The lowest BCUT2D eigenvalue weighted by molar-refractivity contribution is -0.119. The molecule has 58 valence electrons. The summed E-state index contributed by atoms with van der Waals surface area (Å²) < 4.78 is 0. The smallest absolute Gasteiger partial charge is 0.273 e. The lowest BCUT2D eigenvalue weighted by atomic mass is 10.7. The van der Waals surface area contributed by atoms with Crippen molar-refractivity contribution in [2.75, 3.05) is 0 Å². The number of nitrogens with two attached hydrogens (primary N) is 2. The molecule has 7 heteroatoms. The highest BCUT2D eigenvalue weighted by Crippen LogP contribution is 1.99. The quantitative estimate of drug-likeness (QED) is 0.225. The SMILES string of the molecule is NC(N)=NNC(=O)C(Cl)Cl. The minimum atomic E-state index is -1.16. The Labute approximate surface area is 67.3 Å². The van der Waals surface area contributed by atoms with Gasteiger partial charge in [-0.2, -0.15) is 0 Å². The van der Waals surface area contributed by atoms with Crippen LogP contribution in [0.25, 0.3) is 0 Å². The van der Waals surface area contributed by atoms with E-state index in [1.54, 1.807) is 0 Å². The van der Waals surface area contributed by atoms with Gasteiger partial charge in [-0.25, -0.2) is 5.43 Å². The van der Waals surface area contributed by atoms with Gasteiger partial charge in [0.05, 0.1) is 0 Å². The van der Waals surface area contributed by atoms with Crippen LogP contribution in [-0.4, -0.2) is 16.7 Å². The van der Waals surface area contributed by atoms with Crippen LogP contribution in [0.15, 0.2) is 5.10 Å². The van der Waals surface area contributed by atoms with Gasteiger partial charge in [0, 0.05) is 0 Å². The zero-order valence-electron chi connectivity index (χ0n) is 4.84. The molecular formula is C3H6Cl2N4O. The Morgan fingerprint density at radius 3 is 2.30 bits per heavy atom. The highest BCUT2D eigenvalue weighted by atomic mass is 35.5. The van der Waals surface area contributed by atoms with Crippen LogP contribution in [0.2, 0.25) is 0 Å². The number of hydrogen-bond acceptors (Lipinski definition) is 2. The molecule has 0 spiro atoms. The fraction of sp³-hybridized carbons (Fsp3) is 0.333. The second kappa shape index (κ2) is 4.19. The van der Waals surface area contributed by atoms with Crippen LogP contribution in [0.1, 0.15) is 0 Å². The van der Waals surface area contributed by atoms with Gasteiger partial charge in [0.25, 0.3) is 5.91 Å². The van der Waals surface area contributed by atoms with E-state index in [0.29, 0.717) is 0 Å². The highest BCUT2D eigenvalue weighted by molar-refractivity contribution is 6.53. The number of amides is 1. The summed E-state index contributed by atoms with van der Waals surface area (Å²) in [6.07, 6.45) is 0. The average Bonchev–Trinajstić information content (AvgIpc) is 1.82. The van der Waals surface area contributed by atoms with Gasteiger partial charge in [0.1, 0.15) is 0 Å². The second-order valence-electron chi connectivity index (χ2n) is 1.31. The zero-order valence-corrected chi connectivity index (χ0v) is 6.36. The zero-order chi connectivity index (χ0) is 8.15. The number of guanidine groups is 1. The molecule has 5 N–H and O–H groups in total. The third-order valence-corrected chi connectivity index (χ3v) is 0.890. The van der Waals surface area contributed by atoms with Gasteiger partial charge < -0.3 is 11.5 Å². The van der Waals surface area contributed by atoms with Crippen LogP contribution in [0, 0.1) is 0 Å². The van der Waals surface area contributed by atoms with Crippen molar-refractivity contribution in [3.63, 3.8) is 0 Å². The van der Waals surface area contributed by atoms with E-state index in [2.05, 4.69) is 5.10 Å². The number of halogens is 2. The van der Waals surface area contributed by atoms with Gasteiger partial charge >= 0.3 is 0 Å². The first-order valence-corrected chi connectivity index (χ1v) is 3.08. The maximum absolute atomic E-state index is 10.5. The summed E-state index contributed by atoms with van der Waals surface area (Å²) in [4.78, 5) is 9.29. The summed E-state index contributed by atoms with van der Waals surface area (Å²) in [5.41, 5.74) is 11.7. The molecule has 0 aliphatic rings. The molecule has 0 fully saturated rings. The maximum Gasteiger partial charge on any atom is 0.273 e. The van der Waals surface area contributed by atoms with Gasteiger partial charge in [-0.3, -0.25) is 4.79 Å². The lowest BCUT2D eigenvalue weighted by Gasteiger charge is -1.97. The first kappa shape index (κ1) is 9.32. The maximum atomic E-state index is 10.5. The lowest BCUT2D eigenvalue weighted by Crippen LogP contribution is -2.31. The largest absolute Gasteiger partial charge is 0.369 e. The van der Waals surface area contributed by atoms with Crippen molar-refractivity contribution in [1.29, 1.82) is 0 Å². The number of alkyl halides is 2. The third-order valence-electron chi connectivity index (χ3n) is 0.493. The van der Waals surface area contributed by atoms with Crippen molar-refractivity contribution in [2.45, 2.75) is 4.84 Å². The molecule has 0 rings (SSSR count). The number of carbonyl (C=O) groups excluding carboxylic acids is 1. The number of carbonyl (C=O) groups is 1. The molecule has 1 amide bonds. The molecular weight excluding hydrogens is 179 g/mol. The number of hydrazone groups is 1. The van der Waals surface area contributed by atoms with Gasteiger partial charge in [0.15, 0.2) is 4.84 Å². The summed E-state index contributed by atoms with van der Waals surface area (Å²) >= 11 is 10.2. The predicted molar refractivity (Wildman–Crippen MR) is 39.4 cm³/mol. The molecule has 0 saturated carbocycles. The normalized spacial score (nSPS) is 9.10. The summed E-state index contributed by atoms with van der Waals surface area (Å²) in [6, 6.07) is 0. The molecule has 10 heavy (non-hydrogen) atoms. The molecule has 0 saturated heterocycles. The molecule has 0 radical (unpaired) electrons. The fourth-order valence-electron chi connectivity index (χ4n) is 0.168. The first-order chi connectivity index (χ1) is 4.54. The Morgan fingerprint density at radius 2 is 2.00 bits per heavy atom. The summed E-state index contributed by atoms with van der Waals surface area (Å²) in [6.45, 7) is 0. The van der Waals surface area contributed by atoms with E-state index in [1.165, 1.54) is 0 Å². The summed E-state index contributed by atoms with van der Waals surface area (Å²) in [5.74, 6) is -0.931. The van der Waals surface area contributed by atoms with Crippen molar-refractivity contribution in [2.24, 2.45) is 16.6 Å². The van der Waals surface area contributed by atoms with Crippen LogP contribution < -0.4 is 16.9 Å². The molecule has 0 aliphatic heterocycles. The van der Waals surface area contributed by atoms with Gasteiger partial charge in [0.2, 0.25) is 5.96 Å². The van der Waals surface area contributed by atoms with Crippen LogP contribution in [0.4, 0.5) is 0 Å². The number of rotatable bonds is 2. The van der Waals surface area contributed by atoms with E-state index >= 15 is 0 Å². The van der Waals surface area contributed by atoms with Crippen molar-refractivity contribution in [1.82, 2.24) is 5.43 Å². The van der Waals surface area contributed by atoms with Gasteiger partial charge in [-0.1, -0.05) is 23.2 Å². The van der Waals surface area contributed by atoms with Crippen LogP contribution in [0.3, 0.4) is 0 Å². The minimum Gasteiger partial charge on any atom is -0.369 e. The molecule has 0 heterocycles. The van der Waals surface area contributed by atoms with E-state index in [-0.39, 0.29) is 5.96 Å². The minimum absolute atomic E-state index is 0.262. The Hall–Kier alpha value is -0.680. The molecule has 0 aromatic carbocycles. The monoisotopic (exact) mass is 184 g/mol. The summed E-state index contributed by atoms with van der Waals surface area (Å²) in [7, 11) is 0. The molecule has 0 aromatic heterocycles. The Balaban J connectivity index is 3.71. The molecule has 0 bridgehead atoms. The number of hydrogen-bond donors (Lipinski definition) is 3. The van der Waals surface area contributed by atoms with Gasteiger partial charge in [-0.15, -0.1) is 5.10 Å². The van der Waals surface area contributed by atoms with E-state index in [4.69, 9.17) is 34.7 Å². The fourth-order valence-corrected chi connectivity index (χ4v) is 0.266. The predicted octanol–water partition coefficient (Wildman–Crippen LogP) is -0.905. The molecule has 0 atom stereocenters. The third kappa shape index (κ3) is 4.22. The van der Waals surface area contributed by atoms with Crippen molar-refractivity contribution in [3.8, 4) is 0 Å². The van der Waals surface area contributed by atoms with Crippen LogP contribution >= 0.6 is 23.2 Å². The topological polar surface area (TPSA) is 93.5 Å². The highest BCUT2D eigenvalue weighted by Gasteiger charge is 2.09. The molecule has 5 nitrogen and oxygen atoms in total. The number of nitrogens with zero attached hydrogens (tertiary/aromatic N) is 1. The van der Waals surface area contributed by atoms with E-state index < -0.39 is 10.7 Å².